The van der Waals surface area contributed by atoms with Gasteiger partial charge in [0.05, 0.1) is 12.2 Å². The first-order valence-corrected chi connectivity index (χ1v) is 7.51. The normalized spacial score (nSPS) is 10.6. The third-order valence-electron chi connectivity index (χ3n) is 3.52. The molecule has 0 saturated heterocycles. The number of nitrogens with zero attached hydrogens (tertiary/aromatic N) is 2. The van der Waals surface area contributed by atoms with Gasteiger partial charge in [0.2, 0.25) is 0 Å². The fourth-order valence-corrected chi connectivity index (χ4v) is 2.23. The van der Waals surface area contributed by atoms with Gasteiger partial charge in [-0.25, -0.2) is 17.9 Å². The zero-order chi connectivity index (χ0) is 18.7. The van der Waals surface area contributed by atoms with Crippen molar-refractivity contribution >= 4 is 11.6 Å². The van der Waals surface area contributed by atoms with Crippen LogP contribution in [0.1, 0.15) is 16.1 Å². The lowest BCUT2D eigenvalue weighted by Crippen LogP contribution is -2.26. The second-order valence-corrected chi connectivity index (χ2v) is 5.42. The number of aromatic nitrogens is 2. The van der Waals surface area contributed by atoms with Crippen molar-refractivity contribution in [1.29, 1.82) is 0 Å². The Balaban J connectivity index is 1.84. The van der Waals surface area contributed by atoms with E-state index in [-0.39, 0.29) is 17.9 Å². The molecule has 0 saturated carbocycles. The maximum absolute atomic E-state index is 13.6. The van der Waals surface area contributed by atoms with E-state index in [2.05, 4.69) is 10.4 Å². The molecule has 0 aliphatic carbocycles. The Morgan fingerprint density at radius 2 is 1.65 bits per heavy atom. The van der Waals surface area contributed by atoms with Crippen LogP contribution in [0.15, 0.2) is 59.4 Å². The number of benzene rings is 2. The van der Waals surface area contributed by atoms with E-state index in [9.17, 15) is 22.8 Å². The number of carbonyl (C=O) groups is 1. The minimum atomic E-state index is -0.806. The number of anilines is 1. The van der Waals surface area contributed by atoms with Crippen LogP contribution in [0.3, 0.4) is 0 Å². The summed E-state index contributed by atoms with van der Waals surface area (Å²) in [6.45, 7) is 0.0224. The molecule has 3 aromatic rings. The Morgan fingerprint density at radius 1 is 0.962 bits per heavy atom. The summed E-state index contributed by atoms with van der Waals surface area (Å²) in [6.07, 6.45) is 0. The SMILES string of the molecule is O=C(Nc1cc(F)ccc1F)c1ccc(=O)n(Cc2ccc(F)cc2)n1. The second-order valence-electron chi connectivity index (χ2n) is 5.42. The average Bonchev–Trinajstić information content (AvgIpc) is 2.62. The monoisotopic (exact) mass is 359 g/mol. The smallest absolute Gasteiger partial charge is 0.276 e. The first-order chi connectivity index (χ1) is 12.4. The summed E-state index contributed by atoms with van der Waals surface area (Å²) in [4.78, 5) is 24.1. The van der Waals surface area contributed by atoms with E-state index in [0.29, 0.717) is 5.56 Å². The molecule has 1 N–H and O–H groups in total. The average molecular weight is 359 g/mol. The predicted molar refractivity (Wildman–Crippen MR) is 88.3 cm³/mol. The molecule has 0 spiro atoms. The third-order valence-corrected chi connectivity index (χ3v) is 3.52. The number of amides is 1. The highest BCUT2D eigenvalue weighted by Crippen LogP contribution is 2.16. The van der Waals surface area contributed by atoms with Gasteiger partial charge >= 0.3 is 0 Å². The molecular formula is C18H12F3N3O2. The highest BCUT2D eigenvalue weighted by atomic mass is 19.1. The summed E-state index contributed by atoms with van der Waals surface area (Å²) in [7, 11) is 0. The van der Waals surface area contributed by atoms with Crippen molar-refractivity contribution in [2.75, 3.05) is 5.32 Å². The van der Waals surface area contributed by atoms with Crippen LogP contribution in [0.25, 0.3) is 0 Å². The van der Waals surface area contributed by atoms with Gasteiger partial charge in [-0.3, -0.25) is 9.59 Å². The molecule has 1 aromatic heterocycles. The van der Waals surface area contributed by atoms with Crippen molar-refractivity contribution in [2.45, 2.75) is 6.54 Å². The predicted octanol–water partition coefficient (Wildman–Crippen LogP) is 2.96. The minimum absolute atomic E-state index is 0.0224. The highest BCUT2D eigenvalue weighted by Gasteiger charge is 2.13. The van der Waals surface area contributed by atoms with Crippen molar-refractivity contribution in [3.63, 3.8) is 0 Å². The van der Waals surface area contributed by atoms with Crippen LogP contribution >= 0.6 is 0 Å². The number of carbonyl (C=O) groups excluding carboxylic acids is 1. The Morgan fingerprint density at radius 3 is 2.38 bits per heavy atom. The Hall–Kier alpha value is -3.42. The van der Waals surface area contributed by atoms with Gasteiger partial charge in [-0.1, -0.05) is 12.1 Å². The quantitative estimate of drug-likeness (QED) is 0.779. The van der Waals surface area contributed by atoms with E-state index in [1.165, 1.54) is 30.3 Å². The molecule has 8 heteroatoms. The van der Waals surface area contributed by atoms with Gasteiger partial charge in [0.25, 0.3) is 11.5 Å². The van der Waals surface area contributed by atoms with Gasteiger partial charge in [0.15, 0.2) is 0 Å². The summed E-state index contributed by atoms with van der Waals surface area (Å²) in [5.74, 6) is -2.74. The van der Waals surface area contributed by atoms with Crippen molar-refractivity contribution in [3.05, 3.63) is 93.7 Å². The zero-order valence-corrected chi connectivity index (χ0v) is 13.2. The van der Waals surface area contributed by atoms with Gasteiger partial charge in [0, 0.05) is 12.1 Å². The van der Waals surface area contributed by atoms with Crippen LogP contribution in [-0.4, -0.2) is 15.7 Å². The number of hydrogen-bond acceptors (Lipinski definition) is 3. The fraction of sp³-hybridized carbons (Fsp3) is 0.0556. The minimum Gasteiger partial charge on any atom is -0.318 e. The van der Waals surface area contributed by atoms with Crippen molar-refractivity contribution < 1.29 is 18.0 Å². The molecule has 0 aliphatic heterocycles. The molecular weight excluding hydrogens is 347 g/mol. The van der Waals surface area contributed by atoms with Gasteiger partial charge < -0.3 is 5.32 Å². The van der Waals surface area contributed by atoms with Crippen LogP contribution in [-0.2, 0) is 6.54 Å². The van der Waals surface area contributed by atoms with Crippen molar-refractivity contribution in [1.82, 2.24) is 9.78 Å². The summed E-state index contributed by atoms with van der Waals surface area (Å²) >= 11 is 0. The van der Waals surface area contributed by atoms with E-state index in [4.69, 9.17) is 0 Å². The van der Waals surface area contributed by atoms with Gasteiger partial charge in [-0.05, 0) is 35.9 Å². The van der Waals surface area contributed by atoms with Crippen LogP contribution in [0, 0.1) is 17.5 Å². The lowest BCUT2D eigenvalue weighted by atomic mass is 10.2. The summed E-state index contributed by atoms with van der Waals surface area (Å²) < 4.78 is 40.8. The molecule has 0 fully saturated rings. The van der Waals surface area contributed by atoms with Crippen LogP contribution < -0.4 is 10.9 Å². The summed E-state index contributed by atoms with van der Waals surface area (Å²) in [6, 6.07) is 10.4. The molecule has 0 unspecified atom stereocenters. The number of hydrogen-bond donors (Lipinski definition) is 1. The van der Waals surface area contributed by atoms with Gasteiger partial charge in [0.1, 0.15) is 23.1 Å². The van der Waals surface area contributed by atoms with E-state index < -0.39 is 28.9 Å². The van der Waals surface area contributed by atoms with Crippen LogP contribution in [0.4, 0.5) is 18.9 Å². The highest BCUT2D eigenvalue weighted by molar-refractivity contribution is 6.02. The number of nitrogens with one attached hydrogen (secondary N) is 1. The van der Waals surface area contributed by atoms with E-state index in [1.54, 1.807) is 0 Å². The number of rotatable bonds is 4. The lowest BCUT2D eigenvalue weighted by molar-refractivity contribution is 0.101. The molecule has 3 rings (SSSR count). The first-order valence-electron chi connectivity index (χ1n) is 7.51. The molecule has 0 bridgehead atoms. The third kappa shape index (κ3) is 3.97. The summed E-state index contributed by atoms with van der Waals surface area (Å²) in [5, 5.41) is 6.12. The Bertz CT molecular complexity index is 1020. The number of halogens is 3. The standard InChI is InChI=1S/C18H12F3N3O2/c19-12-3-1-11(2-4-12)10-24-17(25)8-7-15(23-24)18(26)22-16-9-13(20)5-6-14(16)21/h1-9H,10H2,(H,22,26). The molecule has 5 nitrogen and oxygen atoms in total. The summed E-state index contributed by atoms with van der Waals surface area (Å²) in [5.41, 5.74) is -0.360. The Labute approximate surface area is 145 Å². The molecule has 2 aromatic carbocycles. The molecule has 132 valence electrons. The van der Waals surface area contributed by atoms with Crippen LogP contribution in [0.2, 0.25) is 0 Å². The zero-order valence-electron chi connectivity index (χ0n) is 13.2. The maximum Gasteiger partial charge on any atom is 0.276 e. The topological polar surface area (TPSA) is 64.0 Å². The van der Waals surface area contributed by atoms with Crippen molar-refractivity contribution in [3.8, 4) is 0 Å². The van der Waals surface area contributed by atoms with Gasteiger partial charge in [-0.2, -0.15) is 5.10 Å². The first kappa shape index (κ1) is 17.4. The molecule has 0 aliphatic rings. The second kappa shape index (κ2) is 7.22. The lowest BCUT2D eigenvalue weighted by Gasteiger charge is -2.09. The Kier molecular flexibility index (Phi) is 4.83. The molecule has 26 heavy (non-hydrogen) atoms. The van der Waals surface area contributed by atoms with Gasteiger partial charge in [-0.15, -0.1) is 0 Å². The van der Waals surface area contributed by atoms with E-state index >= 15 is 0 Å². The largest absolute Gasteiger partial charge is 0.318 e. The van der Waals surface area contributed by atoms with E-state index in [1.807, 2.05) is 0 Å². The molecule has 0 radical (unpaired) electrons. The van der Waals surface area contributed by atoms with Crippen molar-refractivity contribution in [2.24, 2.45) is 0 Å². The van der Waals surface area contributed by atoms with E-state index in [0.717, 1.165) is 28.9 Å². The van der Waals surface area contributed by atoms with Crippen LogP contribution in [0.5, 0.6) is 0 Å². The fourth-order valence-electron chi connectivity index (χ4n) is 2.23. The maximum atomic E-state index is 13.6. The molecule has 1 heterocycles. The molecule has 0 atom stereocenters. The molecule has 1 amide bonds.